The van der Waals surface area contributed by atoms with E-state index in [2.05, 4.69) is 0 Å². The van der Waals surface area contributed by atoms with Crippen molar-refractivity contribution in [3.8, 4) is 0 Å². The van der Waals surface area contributed by atoms with Gasteiger partial charge < -0.3 is 10.0 Å². The Labute approximate surface area is 119 Å². The lowest BCUT2D eigenvalue weighted by Gasteiger charge is -2.25. The van der Waals surface area contributed by atoms with E-state index in [-0.39, 0.29) is 11.5 Å². The summed E-state index contributed by atoms with van der Waals surface area (Å²) in [6.07, 6.45) is 5.64. The van der Waals surface area contributed by atoms with Gasteiger partial charge >= 0.3 is 5.97 Å². The number of hydrogen-bond donors (Lipinski definition) is 1. The fourth-order valence-corrected chi connectivity index (χ4v) is 2.66. The van der Waals surface area contributed by atoms with Gasteiger partial charge in [0.25, 0.3) is 5.91 Å². The molecule has 1 N–H and O–H groups in total. The highest BCUT2D eigenvalue weighted by Crippen LogP contribution is 2.16. The summed E-state index contributed by atoms with van der Waals surface area (Å²) < 4.78 is 0. The Bertz CT molecular complexity index is 502. The van der Waals surface area contributed by atoms with Crippen molar-refractivity contribution < 1.29 is 14.7 Å². The summed E-state index contributed by atoms with van der Waals surface area (Å²) in [4.78, 5) is 25.5. The van der Waals surface area contributed by atoms with Crippen molar-refractivity contribution in [3.63, 3.8) is 0 Å². The van der Waals surface area contributed by atoms with E-state index < -0.39 is 5.97 Å². The molecule has 1 aliphatic heterocycles. The van der Waals surface area contributed by atoms with Crippen LogP contribution in [-0.2, 0) is 0 Å². The molecule has 0 bridgehead atoms. The average Bonchev–Trinajstić information content (AvgIpc) is 2.37. The Morgan fingerprint density at radius 3 is 2.10 bits per heavy atom. The fourth-order valence-electron chi connectivity index (χ4n) is 2.66. The summed E-state index contributed by atoms with van der Waals surface area (Å²) in [6, 6.07) is 4.84. The number of carboxylic acid groups (broad SMARTS) is 1. The van der Waals surface area contributed by atoms with Gasteiger partial charge in [0.15, 0.2) is 0 Å². The third kappa shape index (κ3) is 3.59. The lowest BCUT2D eigenvalue weighted by molar-refractivity contribution is 0.0696. The van der Waals surface area contributed by atoms with Gasteiger partial charge in [-0.1, -0.05) is 19.3 Å². The molecule has 0 atom stereocenters. The first-order chi connectivity index (χ1) is 9.58. The molecule has 1 aliphatic rings. The Kier molecular flexibility index (Phi) is 4.77. The van der Waals surface area contributed by atoms with Crippen LogP contribution >= 0.6 is 0 Å². The summed E-state index contributed by atoms with van der Waals surface area (Å²) in [5.41, 5.74) is 1.48. The van der Waals surface area contributed by atoms with E-state index in [4.69, 9.17) is 5.11 Å². The SMILES string of the molecule is Cc1cc(C(=O)O)cc(C(=O)N2CCCCCCC2)c1. The molecule has 1 amide bonds. The van der Waals surface area contributed by atoms with Gasteiger partial charge in [0.1, 0.15) is 0 Å². The van der Waals surface area contributed by atoms with Crippen molar-refractivity contribution in [2.45, 2.75) is 39.0 Å². The summed E-state index contributed by atoms with van der Waals surface area (Å²) in [7, 11) is 0. The smallest absolute Gasteiger partial charge is 0.335 e. The van der Waals surface area contributed by atoms with E-state index in [0.29, 0.717) is 5.56 Å². The van der Waals surface area contributed by atoms with Gasteiger partial charge in [0.2, 0.25) is 0 Å². The molecular formula is C16H21NO3. The molecule has 0 aliphatic carbocycles. The highest BCUT2D eigenvalue weighted by molar-refractivity contribution is 5.97. The van der Waals surface area contributed by atoms with Crippen LogP contribution in [0.15, 0.2) is 18.2 Å². The minimum Gasteiger partial charge on any atom is -0.478 e. The van der Waals surface area contributed by atoms with Crippen LogP contribution in [0.4, 0.5) is 0 Å². The maximum atomic E-state index is 12.5. The number of nitrogens with zero attached hydrogens (tertiary/aromatic N) is 1. The Hall–Kier alpha value is -1.84. The summed E-state index contributed by atoms with van der Waals surface area (Å²) >= 11 is 0. The zero-order valence-electron chi connectivity index (χ0n) is 11.9. The number of aryl methyl sites for hydroxylation is 1. The van der Waals surface area contributed by atoms with Crippen LogP contribution in [0.1, 0.15) is 58.4 Å². The highest BCUT2D eigenvalue weighted by Gasteiger charge is 2.18. The molecule has 1 aromatic rings. The zero-order valence-corrected chi connectivity index (χ0v) is 11.9. The molecule has 1 fully saturated rings. The number of benzene rings is 1. The molecule has 1 heterocycles. The van der Waals surface area contributed by atoms with E-state index in [9.17, 15) is 9.59 Å². The molecule has 0 saturated carbocycles. The maximum Gasteiger partial charge on any atom is 0.335 e. The van der Waals surface area contributed by atoms with Crippen LogP contribution < -0.4 is 0 Å². The van der Waals surface area contributed by atoms with Crippen LogP contribution in [0.3, 0.4) is 0 Å². The number of amides is 1. The van der Waals surface area contributed by atoms with E-state index in [1.165, 1.54) is 12.5 Å². The lowest BCUT2D eigenvalue weighted by Crippen LogP contribution is -2.34. The molecular weight excluding hydrogens is 254 g/mol. The number of hydrogen-bond acceptors (Lipinski definition) is 2. The van der Waals surface area contributed by atoms with Crippen molar-refractivity contribution in [3.05, 3.63) is 34.9 Å². The standard InChI is InChI=1S/C16H21NO3/c1-12-9-13(11-14(10-12)16(19)20)15(18)17-7-5-3-2-4-6-8-17/h9-11H,2-8H2,1H3,(H,19,20). The molecule has 4 nitrogen and oxygen atoms in total. The normalized spacial score (nSPS) is 16.4. The van der Waals surface area contributed by atoms with Gasteiger partial charge in [0.05, 0.1) is 5.56 Å². The second-order valence-electron chi connectivity index (χ2n) is 5.45. The number of likely N-dealkylation sites (tertiary alicyclic amines) is 1. The fraction of sp³-hybridized carbons (Fsp3) is 0.500. The van der Waals surface area contributed by atoms with Crippen molar-refractivity contribution in [2.24, 2.45) is 0 Å². The van der Waals surface area contributed by atoms with Crippen molar-refractivity contribution in [1.82, 2.24) is 4.90 Å². The molecule has 0 radical (unpaired) electrons. The number of rotatable bonds is 2. The summed E-state index contributed by atoms with van der Waals surface area (Å²) in [6.45, 7) is 3.36. The van der Waals surface area contributed by atoms with Crippen LogP contribution in [0.25, 0.3) is 0 Å². The van der Waals surface area contributed by atoms with E-state index in [1.807, 2.05) is 11.8 Å². The predicted molar refractivity (Wildman–Crippen MR) is 77.1 cm³/mol. The van der Waals surface area contributed by atoms with Gasteiger partial charge in [0, 0.05) is 18.7 Å². The summed E-state index contributed by atoms with van der Waals surface area (Å²) in [5, 5.41) is 9.08. The molecule has 20 heavy (non-hydrogen) atoms. The van der Waals surface area contributed by atoms with Crippen LogP contribution in [-0.4, -0.2) is 35.0 Å². The van der Waals surface area contributed by atoms with Crippen LogP contribution in [0.2, 0.25) is 0 Å². The molecule has 2 rings (SSSR count). The minimum absolute atomic E-state index is 0.0434. The van der Waals surface area contributed by atoms with Gasteiger partial charge in [-0.2, -0.15) is 0 Å². The molecule has 1 saturated heterocycles. The Morgan fingerprint density at radius 2 is 1.50 bits per heavy atom. The van der Waals surface area contributed by atoms with Crippen LogP contribution in [0.5, 0.6) is 0 Å². The first kappa shape index (κ1) is 14.6. The van der Waals surface area contributed by atoms with Crippen molar-refractivity contribution in [1.29, 1.82) is 0 Å². The topological polar surface area (TPSA) is 57.6 Å². The molecule has 4 heteroatoms. The van der Waals surface area contributed by atoms with Gasteiger partial charge in [-0.25, -0.2) is 4.79 Å². The monoisotopic (exact) mass is 275 g/mol. The second kappa shape index (κ2) is 6.55. The van der Waals surface area contributed by atoms with Crippen molar-refractivity contribution >= 4 is 11.9 Å². The quantitative estimate of drug-likeness (QED) is 0.902. The van der Waals surface area contributed by atoms with Crippen molar-refractivity contribution in [2.75, 3.05) is 13.1 Å². The first-order valence-electron chi connectivity index (χ1n) is 7.22. The van der Waals surface area contributed by atoms with Gasteiger partial charge in [-0.15, -0.1) is 0 Å². The third-order valence-electron chi connectivity index (χ3n) is 3.71. The maximum absolute atomic E-state index is 12.5. The Balaban J connectivity index is 2.20. The number of carbonyl (C=O) groups is 2. The van der Waals surface area contributed by atoms with Gasteiger partial charge in [-0.3, -0.25) is 4.79 Å². The minimum atomic E-state index is -0.990. The van der Waals surface area contributed by atoms with Crippen LogP contribution in [0, 0.1) is 6.92 Å². The molecule has 108 valence electrons. The average molecular weight is 275 g/mol. The third-order valence-corrected chi connectivity index (χ3v) is 3.71. The predicted octanol–water partition coefficient (Wildman–Crippen LogP) is 3.10. The molecule has 0 spiro atoms. The van der Waals surface area contributed by atoms with E-state index in [1.54, 1.807) is 12.1 Å². The molecule has 1 aromatic carbocycles. The highest BCUT2D eigenvalue weighted by atomic mass is 16.4. The summed E-state index contributed by atoms with van der Waals surface area (Å²) in [5.74, 6) is -1.03. The lowest BCUT2D eigenvalue weighted by atomic mass is 10.0. The van der Waals surface area contributed by atoms with E-state index in [0.717, 1.165) is 44.3 Å². The van der Waals surface area contributed by atoms with E-state index >= 15 is 0 Å². The molecule has 0 unspecified atom stereocenters. The largest absolute Gasteiger partial charge is 0.478 e. The Morgan fingerprint density at radius 1 is 0.950 bits per heavy atom. The van der Waals surface area contributed by atoms with Gasteiger partial charge in [-0.05, 0) is 43.5 Å². The zero-order chi connectivity index (χ0) is 14.5. The number of aromatic carboxylic acids is 1. The second-order valence-corrected chi connectivity index (χ2v) is 5.45. The molecule has 0 aromatic heterocycles. The number of carbonyl (C=O) groups excluding carboxylic acids is 1. The number of carboxylic acids is 1. The first-order valence-corrected chi connectivity index (χ1v) is 7.22.